The van der Waals surface area contributed by atoms with E-state index in [1.165, 1.54) is 69.8 Å². The Kier molecular flexibility index (Phi) is 14.5. The summed E-state index contributed by atoms with van der Waals surface area (Å²) in [5.41, 5.74) is 1.26. The van der Waals surface area contributed by atoms with E-state index < -0.39 is 7.14 Å². The van der Waals surface area contributed by atoms with Gasteiger partial charge in [-0.1, -0.05) is 101 Å². The first-order chi connectivity index (χ1) is 13.2. The van der Waals surface area contributed by atoms with E-state index in [1.54, 1.807) is 0 Å². The second-order valence-electron chi connectivity index (χ2n) is 8.12. The lowest BCUT2D eigenvalue weighted by atomic mass is 10.1. The van der Waals surface area contributed by atoms with E-state index in [9.17, 15) is 4.57 Å². The highest BCUT2D eigenvalue weighted by atomic mass is 31.2. The van der Waals surface area contributed by atoms with Gasteiger partial charge in [0, 0.05) is 18.5 Å². The molecule has 154 valence electrons. The summed E-state index contributed by atoms with van der Waals surface area (Å²) in [6.07, 6.45) is 21.1. The van der Waals surface area contributed by atoms with Gasteiger partial charge in [0.15, 0.2) is 0 Å². The number of hydrogen-bond acceptors (Lipinski definition) is 1. The Morgan fingerprint density at radius 2 is 1.30 bits per heavy atom. The van der Waals surface area contributed by atoms with Gasteiger partial charge >= 0.3 is 0 Å². The maximum Gasteiger partial charge on any atom is 0.0919 e. The lowest BCUT2D eigenvalue weighted by Crippen LogP contribution is -2.00. The van der Waals surface area contributed by atoms with E-state index in [4.69, 9.17) is 0 Å². The van der Waals surface area contributed by atoms with Crippen molar-refractivity contribution >= 4 is 7.14 Å². The van der Waals surface area contributed by atoms with Crippen molar-refractivity contribution in [2.75, 3.05) is 12.3 Å². The van der Waals surface area contributed by atoms with E-state index in [1.807, 2.05) is 6.08 Å². The summed E-state index contributed by atoms with van der Waals surface area (Å²) in [7, 11) is -2.08. The largest absolute Gasteiger partial charge is 0.323 e. The van der Waals surface area contributed by atoms with Crippen LogP contribution in [0.2, 0.25) is 0 Å². The molecule has 0 aliphatic heterocycles. The number of unbranched alkanes of at least 4 members (excludes halogenated alkanes) is 11. The van der Waals surface area contributed by atoms with Crippen molar-refractivity contribution < 1.29 is 4.57 Å². The van der Waals surface area contributed by atoms with Gasteiger partial charge in [-0.05, 0) is 31.2 Å². The zero-order valence-electron chi connectivity index (χ0n) is 17.8. The van der Waals surface area contributed by atoms with Gasteiger partial charge < -0.3 is 4.57 Å². The summed E-state index contributed by atoms with van der Waals surface area (Å²) in [4.78, 5) is 0. The normalized spacial score (nSPS) is 13.4. The second-order valence-corrected chi connectivity index (χ2v) is 11.4. The third-order valence-electron chi connectivity index (χ3n) is 5.46. The molecule has 0 fully saturated rings. The molecule has 1 nitrogen and oxygen atoms in total. The summed E-state index contributed by atoms with van der Waals surface area (Å²) in [6, 6.07) is 10.5. The predicted octanol–water partition coefficient (Wildman–Crippen LogP) is 8.83. The monoisotopic (exact) mass is 390 g/mol. The smallest absolute Gasteiger partial charge is 0.0919 e. The molecule has 0 N–H and O–H groups in total. The first-order valence-electron chi connectivity index (χ1n) is 11.4. The zero-order chi connectivity index (χ0) is 19.6. The van der Waals surface area contributed by atoms with Gasteiger partial charge in [-0.15, -0.1) is 6.58 Å². The van der Waals surface area contributed by atoms with Crippen LogP contribution in [0.4, 0.5) is 0 Å². The molecule has 0 radical (unpaired) electrons. The Morgan fingerprint density at radius 3 is 1.85 bits per heavy atom. The molecule has 1 atom stereocenters. The first-order valence-corrected chi connectivity index (χ1v) is 13.7. The van der Waals surface area contributed by atoms with Crippen molar-refractivity contribution in [1.29, 1.82) is 0 Å². The van der Waals surface area contributed by atoms with Crippen LogP contribution in [-0.2, 0) is 10.7 Å². The summed E-state index contributed by atoms with van der Waals surface area (Å²) < 4.78 is 13.6. The van der Waals surface area contributed by atoms with E-state index in [0.29, 0.717) is 0 Å². The minimum Gasteiger partial charge on any atom is -0.323 e. The molecule has 0 saturated heterocycles. The number of hydrogen-bond donors (Lipinski definition) is 0. The van der Waals surface area contributed by atoms with Gasteiger partial charge in [-0.2, -0.15) is 0 Å². The SMILES string of the molecule is C=CCCCCCCCCP(=O)(CCCCCCCC)Cc1ccccc1. The Hall–Kier alpha value is -0.810. The first kappa shape index (κ1) is 24.2. The van der Waals surface area contributed by atoms with Gasteiger partial charge in [-0.25, -0.2) is 0 Å². The fourth-order valence-corrected chi connectivity index (χ4v) is 6.78. The topological polar surface area (TPSA) is 17.1 Å². The Bertz CT molecular complexity index is 508. The Labute approximate surface area is 169 Å². The molecule has 0 amide bonds. The highest BCUT2D eigenvalue weighted by Gasteiger charge is 2.21. The molecule has 0 bridgehead atoms. The fraction of sp³-hybridized carbons (Fsp3) is 0.680. The van der Waals surface area contributed by atoms with Crippen molar-refractivity contribution in [2.45, 2.75) is 96.6 Å². The standard InChI is InChI=1S/C25H43OP/c1-3-5-7-9-11-12-14-19-23-27(26,22-18-13-10-8-6-4-2)24-25-20-16-15-17-21-25/h3,15-17,20-21H,1,4-14,18-19,22-24H2,2H3. The molecule has 1 aromatic rings. The van der Waals surface area contributed by atoms with Crippen LogP contribution < -0.4 is 0 Å². The lowest BCUT2D eigenvalue weighted by Gasteiger charge is -2.19. The van der Waals surface area contributed by atoms with Crippen LogP contribution in [0.25, 0.3) is 0 Å². The number of allylic oxidation sites excluding steroid dienone is 1. The van der Waals surface area contributed by atoms with Crippen LogP contribution in [0.15, 0.2) is 43.0 Å². The minimum absolute atomic E-state index is 0.808. The van der Waals surface area contributed by atoms with Crippen LogP contribution in [0.1, 0.15) is 96.0 Å². The van der Waals surface area contributed by atoms with Crippen molar-refractivity contribution in [2.24, 2.45) is 0 Å². The van der Waals surface area contributed by atoms with Gasteiger partial charge in [0.25, 0.3) is 0 Å². The Balaban J connectivity index is 2.35. The molecule has 0 aliphatic carbocycles. The molecule has 1 aromatic carbocycles. The second kappa shape index (κ2) is 16.2. The van der Waals surface area contributed by atoms with Crippen molar-refractivity contribution in [1.82, 2.24) is 0 Å². The van der Waals surface area contributed by atoms with E-state index >= 15 is 0 Å². The molecule has 1 unspecified atom stereocenters. The zero-order valence-corrected chi connectivity index (χ0v) is 18.7. The Morgan fingerprint density at radius 1 is 0.778 bits per heavy atom. The molecule has 1 rings (SSSR count). The summed E-state index contributed by atoms with van der Waals surface area (Å²) in [5, 5.41) is 0. The van der Waals surface area contributed by atoms with Crippen molar-refractivity contribution in [3.63, 3.8) is 0 Å². The average molecular weight is 391 g/mol. The molecule has 0 aliphatic rings. The lowest BCUT2D eigenvalue weighted by molar-refractivity contribution is 0.560. The van der Waals surface area contributed by atoms with Crippen molar-refractivity contribution in [3.8, 4) is 0 Å². The predicted molar refractivity (Wildman–Crippen MR) is 123 cm³/mol. The van der Waals surface area contributed by atoms with Crippen molar-refractivity contribution in [3.05, 3.63) is 48.6 Å². The van der Waals surface area contributed by atoms with Gasteiger partial charge in [-0.3, -0.25) is 0 Å². The molecular weight excluding hydrogens is 347 g/mol. The average Bonchev–Trinajstić information content (AvgIpc) is 2.67. The maximum atomic E-state index is 13.6. The van der Waals surface area contributed by atoms with Crippen LogP contribution >= 0.6 is 7.14 Å². The fourth-order valence-electron chi connectivity index (χ4n) is 3.76. The molecular formula is C25H43OP. The van der Waals surface area contributed by atoms with Crippen LogP contribution in [0.3, 0.4) is 0 Å². The van der Waals surface area contributed by atoms with E-state index in [2.05, 4.69) is 43.8 Å². The molecule has 0 spiro atoms. The van der Waals surface area contributed by atoms with Gasteiger partial charge in [0.05, 0.1) is 7.14 Å². The summed E-state index contributed by atoms with van der Waals surface area (Å²) >= 11 is 0. The highest BCUT2D eigenvalue weighted by Crippen LogP contribution is 2.50. The minimum atomic E-state index is -2.08. The van der Waals surface area contributed by atoms with Gasteiger partial charge in [0.2, 0.25) is 0 Å². The molecule has 2 heteroatoms. The molecule has 0 aromatic heterocycles. The molecule has 0 saturated carbocycles. The third kappa shape index (κ3) is 13.1. The van der Waals surface area contributed by atoms with Crippen LogP contribution in [0, 0.1) is 0 Å². The van der Waals surface area contributed by atoms with E-state index in [0.717, 1.165) is 37.7 Å². The summed E-state index contributed by atoms with van der Waals surface area (Å²) in [5.74, 6) is 0. The highest BCUT2D eigenvalue weighted by molar-refractivity contribution is 7.63. The van der Waals surface area contributed by atoms with E-state index in [-0.39, 0.29) is 0 Å². The van der Waals surface area contributed by atoms with Crippen LogP contribution in [0.5, 0.6) is 0 Å². The molecule has 27 heavy (non-hydrogen) atoms. The third-order valence-corrected chi connectivity index (χ3v) is 8.66. The quantitative estimate of drug-likeness (QED) is 0.139. The van der Waals surface area contributed by atoms with Gasteiger partial charge in [0.1, 0.15) is 0 Å². The summed E-state index contributed by atoms with van der Waals surface area (Å²) in [6.45, 7) is 6.04. The molecule has 0 heterocycles. The number of benzene rings is 1. The van der Waals surface area contributed by atoms with Crippen LogP contribution in [-0.4, -0.2) is 12.3 Å². The number of rotatable bonds is 18. The maximum absolute atomic E-state index is 13.6.